The molecule has 88 valence electrons. The Hall–Kier alpha value is -1.16. The average molecular weight is 222 g/mol. The van der Waals surface area contributed by atoms with Gasteiger partial charge in [-0.05, 0) is 25.7 Å². The van der Waals surface area contributed by atoms with Gasteiger partial charge in [-0.2, -0.15) is 0 Å². The third-order valence-corrected chi connectivity index (χ3v) is 3.09. The van der Waals surface area contributed by atoms with Crippen molar-refractivity contribution in [3.8, 4) is 0 Å². The van der Waals surface area contributed by atoms with E-state index in [1.807, 2.05) is 0 Å². The van der Waals surface area contributed by atoms with Gasteiger partial charge in [0.05, 0.1) is 0 Å². The number of hydrogen-bond donors (Lipinski definition) is 1. The number of nitrogens with one attached hydrogen (secondary N) is 1. The molecule has 0 amide bonds. The number of ether oxygens (including phenoxy) is 1. The molecule has 0 aliphatic heterocycles. The number of rotatable bonds is 5. The molecule has 1 N–H and O–H groups in total. The lowest BCUT2D eigenvalue weighted by Gasteiger charge is -2.24. The van der Waals surface area contributed by atoms with Gasteiger partial charge in [0.2, 0.25) is 0 Å². The highest BCUT2D eigenvalue weighted by Gasteiger charge is 2.22. The maximum Gasteiger partial charge on any atom is 0.251 e. The van der Waals surface area contributed by atoms with E-state index in [1.54, 1.807) is 13.2 Å². The molecule has 4 nitrogen and oxygen atoms in total. The molecule has 4 heteroatoms. The highest BCUT2D eigenvalue weighted by molar-refractivity contribution is 5.08. The van der Waals surface area contributed by atoms with E-state index in [0.29, 0.717) is 12.5 Å². The second kappa shape index (κ2) is 5.25. The van der Waals surface area contributed by atoms with Crippen molar-refractivity contribution in [2.24, 2.45) is 0 Å². The van der Waals surface area contributed by atoms with E-state index in [9.17, 15) is 4.79 Å². The van der Waals surface area contributed by atoms with Crippen molar-refractivity contribution in [1.29, 1.82) is 0 Å². The van der Waals surface area contributed by atoms with Crippen LogP contribution in [0, 0.1) is 0 Å². The summed E-state index contributed by atoms with van der Waals surface area (Å²) in [4.78, 5) is 18.8. The number of nitrogens with zero attached hydrogens (tertiary/aromatic N) is 1. The van der Waals surface area contributed by atoms with Gasteiger partial charge in [0.1, 0.15) is 5.82 Å². The maximum absolute atomic E-state index is 11.5. The van der Waals surface area contributed by atoms with Crippen LogP contribution in [0.1, 0.15) is 43.1 Å². The average Bonchev–Trinajstić information content (AvgIpc) is 2.14. The molecular formula is C12H18N2O2. The predicted molar refractivity (Wildman–Crippen MR) is 61.6 cm³/mol. The number of aryl methyl sites for hydroxylation is 1. The summed E-state index contributed by atoms with van der Waals surface area (Å²) in [7, 11) is 1.69. The predicted octanol–water partition coefficient (Wildman–Crippen LogP) is 1.62. The molecule has 0 aromatic carbocycles. The van der Waals surface area contributed by atoms with E-state index in [-0.39, 0.29) is 5.56 Å². The number of aromatic nitrogens is 2. The summed E-state index contributed by atoms with van der Waals surface area (Å²) in [5, 5.41) is 0. The maximum atomic E-state index is 11.5. The second-order valence-electron chi connectivity index (χ2n) is 4.35. The molecule has 0 saturated heterocycles. The molecule has 1 saturated carbocycles. The Bertz CT molecular complexity index is 396. The summed E-state index contributed by atoms with van der Waals surface area (Å²) in [6.45, 7) is 0.716. The van der Waals surface area contributed by atoms with E-state index >= 15 is 0 Å². The molecule has 0 atom stereocenters. The lowest BCUT2D eigenvalue weighted by Crippen LogP contribution is -2.19. The van der Waals surface area contributed by atoms with E-state index in [0.717, 1.165) is 37.2 Å². The van der Waals surface area contributed by atoms with Crippen molar-refractivity contribution >= 4 is 0 Å². The fraction of sp³-hybridized carbons (Fsp3) is 0.667. The van der Waals surface area contributed by atoms with Gasteiger partial charge in [-0.1, -0.05) is 6.42 Å². The monoisotopic (exact) mass is 222 g/mol. The van der Waals surface area contributed by atoms with Crippen LogP contribution in [0.5, 0.6) is 0 Å². The Kier molecular flexibility index (Phi) is 3.72. The molecule has 1 aliphatic carbocycles. The molecule has 1 aliphatic rings. The molecule has 1 heterocycles. The summed E-state index contributed by atoms with van der Waals surface area (Å²) >= 11 is 0. The van der Waals surface area contributed by atoms with E-state index < -0.39 is 0 Å². The fourth-order valence-corrected chi connectivity index (χ4v) is 1.93. The van der Waals surface area contributed by atoms with Crippen LogP contribution in [0.3, 0.4) is 0 Å². The zero-order valence-electron chi connectivity index (χ0n) is 9.66. The minimum absolute atomic E-state index is 0.0238. The Labute approximate surface area is 95.1 Å². The SMILES string of the molecule is COCCCc1cc(=O)[nH]c(C2CCC2)n1. The standard InChI is InChI=1S/C12H18N2O2/c1-16-7-3-6-10-8-11(15)14-12(13-10)9-4-2-5-9/h8-9H,2-7H2,1H3,(H,13,14,15). The molecule has 16 heavy (non-hydrogen) atoms. The quantitative estimate of drug-likeness (QED) is 0.770. The van der Waals surface area contributed by atoms with Crippen molar-refractivity contribution in [1.82, 2.24) is 9.97 Å². The van der Waals surface area contributed by atoms with E-state index in [4.69, 9.17) is 4.74 Å². The molecule has 1 aromatic rings. The van der Waals surface area contributed by atoms with Crippen LogP contribution < -0.4 is 5.56 Å². The molecule has 0 unspecified atom stereocenters. The van der Waals surface area contributed by atoms with Gasteiger partial charge in [-0.15, -0.1) is 0 Å². The number of H-pyrrole nitrogens is 1. The first-order valence-electron chi connectivity index (χ1n) is 5.88. The van der Waals surface area contributed by atoms with Crippen molar-refractivity contribution in [3.63, 3.8) is 0 Å². The molecular weight excluding hydrogens is 204 g/mol. The molecule has 0 bridgehead atoms. The molecule has 1 fully saturated rings. The Morgan fingerprint density at radius 1 is 1.56 bits per heavy atom. The van der Waals surface area contributed by atoms with Crippen molar-refractivity contribution < 1.29 is 4.74 Å². The number of methoxy groups -OCH3 is 1. The van der Waals surface area contributed by atoms with Crippen LogP contribution in [-0.4, -0.2) is 23.7 Å². The first kappa shape index (κ1) is 11.3. The van der Waals surface area contributed by atoms with Gasteiger partial charge in [-0.3, -0.25) is 4.79 Å². The van der Waals surface area contributed by atoms with Crippen LogP contribution in [0.2, 0.25) is 0 Å². The summed E-state index contributed by atoms with van der Waals surface area (Å²) in [5.41, 5.74) is 0.868. The summed E-state index contributed by atoms with van der Waals surface area (Å²) in [6.07, 6.45) is 5.30. The Morgan fingerprint density at radius 3 is 3.00 bits per heavy atom. The van der Waals surface area contributed by atoms with Crippen molar-refractivity contribution in [3.05, 3.63) is 27.9 Å². The van der Waals surface area contributed by atoms with Crippen LogP contribution in [-0.2, 0) is 11.2 Å². The lowest BCUT2D eigenvalue weighted by molar-refractivity contribution is 0.195. The van der Waals surface area contributed by atoms with Crippen molar-refractivity contribution in [2.45, 2.75) is 38.0 Å². The molecule has 2 rings (SSSR count). The zero-order chi connectivity index (χ0) is 11.4. The summed E-state index contributed by atoms with van der Waals surface area (Å²) < 4.78 is 4.99. The largest absolute Gasteiger partial charge is 0.385 e. The minimum Gasteiger partial charge on any atom is -0.385 e. The second-order valence-corrected chi connectivity index (χ2v) is 4.35. The third-order valence-electron chi connectivity index (χ3n) is 3.09. The van der Waals surface area contributed by atoms with Crippen LogP contribution in [0.4, 0.5) is 0 Å². The summed E-state index contributed by atoms with van der Waals surface area (Å²) in [6, 6.07) is 1.60. The van der Waals surface area contributed by atoms with Gasteiger partial charge in [-0.25, -0.2) is 4.98 Å². The van der Waals surface area contributed by atoms with Crippen LogP contribution in [0.15, 0.2) is 10.9 Å². The zero-order valence-corrected chi connectivity index (χ0v) is 9.66. The highest BCUT2D eigenvalue weighted by atomic mass is 16.5. The van der Waals surface area contributed by atoms with Gasteiger partial charge in [0.25, 0.3) is 5.56 Å². The molecule has 0 radical (unpaired) electrons. The molecule has 1 aromatic heterocycles. The Balaban J connectivity index is 2.06. The highest BCUT2D eigenvalue weighted by Crippen LogP contribution is 2.33. The normalized spacial score (nSPS) is 16.1. The van der Waals surface area contributed by atoms with Crippen LogP contribution >= 0.6 is 0 Å². The lowest BCUT2D eigenvalue weighted by atomic mass is 9.85. The fourth-order valence-electron chi connectivity index (χ4n) is 1.93. The smallest absolute Gasteiger partial charge is 0.251 e. The van der Waals surface area contributed by atoms with Crippen molar-refractivity contribution in [2.75, 3.05) is 13.7 Å². The van der Waals surface area contributed by atoms with Gasteiger partial charge < -0.3 is 9.72 Å². The van der Waals surface area contributed by atoms with Crippen LogP contribution in [0.25, 0.3) is 0 Å². The number of hydrogen-bond acceptors (Lipinski definition) is 3. The third kappa shape index (κ3) is 2.70. The molecule has 0 spiro atoms. The Morgan fingerprint density at radius 2 is 2.38 bits per heavy atom. The minimum atomic E-state index is -0.0238. The first-order chi connectivity index (χ1) is 7.79. The number of aromatic amines is 1. The first-order valence-corrected chi connectivity index (χ1v) is 5.88. The van der Waals surface area contributed by atoms with E-state index in [2.05, 4.69) is 9.97 Å². The van der Waals surface area contributed by atoms with Gasteiger partial charge >= 0.3 is 0 Å². The van der Waals surface area contributed by atoms with Gasteiger partial charge in [0, 0.05) is 31.4 Å². The van der Waals surface area contributed by atoms with Gasteiger partial charge in [0.15, 0.2) is 0 Å². The van der Waals surface area contributed by atoms with E-state index in [1.165, 1.54) is 6.42 Å². The topological polar surface area (TPSA) is 55.0 Å². The summed E-state index contributed by atoms with van der Waals surface area (Å²) in [5.74, 6) is 1.36.